The summed E-state index contributed by atoms with van der Waals surface area (Å²) in [6.45, 7) is 0. The highest BCUT2D eigenvalue weighted by molar-refractivity contribution is 5.80. The van der Waals surface area contributed by atoms with Gasteiger partial charge in [0.15, 0.2) is 0 Å². The lowest BCUT2D eigenvalue weighted by atomic mass is 9.97. The van der Waals surface area contributed by atoms with Crippen molar-refractivity contribution in [2.24, 2.45) is 0 Å². The Labute approximate surface area is 182 Å². The number of hydrogen-bond acceptors (Lipinski definition) is 4. The minimum Gasteiger partial charge on any atom is -0.457 e. The van der Waals surface area contributed by atoms with Crippen molar-refractivity contribution in [2.75, 3.05) is 5.73 Å². The van der Waals surface area contributed by atoms with Crippen molar-refractivity contribution in [1.82, 2.24) is 4.98 Å². The van der Waals surface area contributed by atoms with Crippen LogP contribution in [0.4, 0.5) is 19.0 Å². The molecule has 0 radical (unpaired) electrons. The van der Waals surface area contributed by atoms with Crippen molar-refractivity contribution in [3.8, 4) is 40.0 Å². The molecule has 1 heterocycles. The summed E-state index contributed by atoms with van der Waals surface area (Å²) in [5.74, 6) is 1.33. The van der Waals surface area contributed by atoms with Crippen LogP contribution < -0.4 is 10.5 Å². The molecule has 0 amide bonds. The standard InChI is InChI=1S/C25H16F3N3O/c26-25(27,28)18-10-6-16(7-11-18)21-14-23(31-24(30)22(21)15-29)17-8-12-20(13-9-17)32-19-4-2-1-3-5-19/h1-14H,(H2,30,31). The van der Waals surface area contributed by atoms with Gasteiger partial charge in [0.1, 0.15) is 28.9 Å². The second kappa shape index (κ2) is 8.44. The van der Waals surface area contributed by atoms with E-state index in [0.29, 0.717) is 28.3 Å². The average Bonchev–Trinajstić information content (AvgIpc) is 2.79. The van der Waals surface area contributed by atoms with Crippen LogP contribution in [0.25, 0.3) is 22.4 Å². The van der Waals surface area contributed by atoms with Gasteiger partial charge in [-0.2, -0.15) is 18.4 Å². The predicted molar refractivity (Wildman–Crippen MR) is 116 cm³/mol. The van der Waals surface area contributed by atoms with E-state index >= 15 is 0 Å². The lowest BCUT2D eigenvalue weighted by Gasteiger charge is -2.12. The van der Waals surface area contributed by atoms with Gasteiger partial charge in [-0.1, -0.05) is 30.3 Å². The Morgan fingerprint density at radius 3 is 2.00 bits per heavy atom. The van der Waals surface area contributed by atoms with Crippen LogP contribution in [0.15, 0.2) is 84.9 Å². The molecule has 0 bridgehead atoms. The minimum atomic E-state index is -4.44. The number of nitrogen functional groups attached to an aromatic ring is 1. The Morgan fingerprint density at radius 1 is 0.812 bits per heavy atom. The summed E-state index contributed by atoms with van der Waals surface area (Å²) in [7, 11) is 0. The first-order valence-electron chi connectivity index (χ1n) is 9.57. The Hall–Kier alpha value is -4.31. The molecule has 0 fully saturated rings. The topological polar surface area (TPSA) is 71.9 Å². The molecule has 32 heavy (non-hydrogen) atoms. The maximum atomic E-state index is 12.9. The molecule has 1 aromatic heterocycles. The van der Waals surface area contributed by atoms with Crippen molar-refractivity contribution in [2.45, 2.75) is 6.18 Å². The Kier molecular flexibility index (Phi) is 5.52. The monoisotopic (exact) mass is 431 g/mol. The number of nitrogens with two attached hydrogens (primary N) is 1. The van der Waals surface area contributed by atoms with Gasteiger partial charge in [-0.3, -0.25) is 0 Å². The fourth-order valence-corrected chi connectivity index (χ4v) is 3.21. The number of aromatic nitrogens is 1. The van der Waals surface area contributed by atoms with Crippen molar-refractivity contribution in [1.29, 1.82) is 5.26 Å². The molecular weight excluding hydrogens is 415 g/mol. The zero-order valence-electron chi connectivity index (χ0n) is 16.6. The Balaban J connectivity index is 1.69. The number of benzene rings is 3. The zero-order valence-corrected chi connectivity index (χ0v) is 16.6. The summed E-state index contributed by atoms with van der Waals surface area (Å²) in [4.78, 5) is 4.31. The highest BCUT2D eigenvalue weighted by atomic mass is 19.4. The molecule has 4 aromatic rings. The molecule has 3 aromatic carbocycles. The van der Waals surface area contributed by atoms with Crippen LogP contribution in [-0.2, 0) is 6.18 Å². The Bertz CT molecular complexity index is 1280. The lowest BCUT2D eigenvalue weighted by Crippen LogP contribution is -2.04. The van der Waals surface area contributed by atoms with E-state index in [4.69, 9.17) is 10.5 Å². The van der Waals surface area contributed by atoms with Gasteiger partial charge < -0.3 is 10.5 Å². The highest BCUT2D eigenvalue weighted by Crippen LogP contribution is 2.35. The molecule has 4 rings (SSSR count). The van der Waals surface area contributed by atoms with Gasteiger partial charge in [-0.15, -0.1) is 0 Å². The second-order valence-electron chi connectivity index (χ2n) is 6.94. The molecule has 0 saturated carbocycles. The van der Waals surface area contributed by atoms with Crippen LogP contribution in [0.1, 0.15) is 11.1 Å². The summed E-state index contributed by atoms with van der Waals surface area (Å²) in [6, 6.07) is 24.7. The van der Waals surface area contributed by atoms with Gasteiger partial charge in [-0.05, 0) is 60.2 Å². The molecule has 0 saturated heterocycles. The third kappa shape index (κ3) is 4.40. The van der Waals surface area contributed by atoms with Crippen LogP contribution >= 0.6 is 0 Å². The van der Waals surface area contributed by atoms with Crippen molar-refractivity contribution >= 4 is 5.82 Å². The summed E-state index contributed by atoms with van der Waals surface area (Å²) < 4.78 is 44.5. The molecule has 2 N–H and O–H groups in total. The van der Waals surface area contributed by atoms with E-state index < -0.39 is 11.7 Å². The van der Waals surface area contributed by atoms with Gasteiger partial charge in [0.2, 0.25) is 0 Å². The molecular formula is C25H16F3N3O. The molecule has 4 nitrogen and oxygen atoms in total. The number of pyridine rings is 1. The normalized spacial score (nSPS) is 11.1. The first-order chi connectivity index (χ1) is 15.3. The van der Waals surface area contributed by atoms with E-state index in [1.807, 2.05) is 36.4 Å². The van der Waals surface area contributed by atoms with Crippen LogP contribution in [-0.4, -0.2) is 4.98 Å². The van der Waals surface area contributed by atoms with E-state index in [-0.39, 0.29) is 11.4 Å². The van der Waals surface area contributed by atoms with Gasteiger partial charge in [0.05, 0.1) is 11.3 Å². The molecule has 158 valence electrons. The van der Waals surface area contributed by atoms with Crippen molar-refractivity contribution in [3.63, 3.8) is 0 Å². The maximum Gasteiger partial charge on any atom is 0.416 e. The average molecular weight is 431 g/mol. The Morgan fingerprint density at radius 2 is 1.41 bits per heavy atom. The maximum absolute atomic E-state index is 12.9. The zero-order chi connectivity index (χ0) is 22.7. The molecule has 0 aliphatic rings. The van der Waals surface area contributed by atoms with E-state index in [1.165, 1.54) is 12.1 Å². The molecule has 7 heteroatoms. The minimum absolute atomic E-state index is 0.00418. The fraction of sp³-hybridized carbons (Fsp3) is 0.0400. The summed E-state index contributed by atoms with van der Waals surface area (Å²) in [6.07, 6.45) is -4.44. The smallest absolute Gasteiger partial charge is 0.416 e. The number of anilines is 1. The van der Waals surface area contributed by atoms with E-state index in [0.717, 1.165) is 17.7 Å². The predicted octanol–water partition coefficient (Wildman–Crippen LogP) is 6.68. The lowest BCUT2D eigenvalue weighted by molar-refractivity contribution is -0.137. The van der Waals surface area contributed by atoms with Crippen LogP contribution in [0, 0.1) is 11.3 Å². The molecule has 0 aliphatic heterocycles. The van der Waals surface area contributed by atoms with E-state index in [9.17, 15) is 18.4 Å². The summed E-state index contributed by atoms with van der Waals surface area (Å²) >= 11 is 0. The second-order valence-corrected chi connectivity index (χ2v) is 6.94. The third-order valence-electron chi connectivity index (χ3n) is 4.81. The quantitative estimate of drug-likeness (QED) is 0.391. The number of rotatable bonds is 4. The first-order valence-corrected chi connectivity index (χ1v) is 9.57. The molecule has 0 atom stereocenters. The number of ether oxygens (including phenoxy) is 1. The van der Waals surface area contributed by atoms with Gasteiger partial charge in [0.25, 0.3) is 0 Å². The number of para-hydroxylation sites is 1. The van der Waals surface area contributed by atoms with E-state index in [1.54, 1.807) is 30.3 Å². The summed E-state index contributed by atoms with van der Waals surface area (Å²) in [5.41, 5.74) is 7.40. The number of nitrogens with zero attached hydrogens (tertiary/aromatic N) is 2. The number of hydrogen-bond donors (Lipinski definition) is 1. The van der Waals surface area contributed by atoms with Gasteiger partial charge >= 0.3 is 6.18 Å². The molecule has 0 unspecified atom stereocenters. The number of nitriles is 1. The number of halogens is 3. The third-order valence-corrected chi connectivity index (χ3v) is 4.81. The van der Waals surface area contributed by atoms with Crippen LogP contribution in [0.3, 0.4) is 0 Å². The first kappa shape index (κ1) is 20.9. The van der Waals surface area contributed by atoms with Gasteiger partial charge in [0, 0.05) is 11.1 Å². The summed E-state index contributed by atoms with van der Waals surface area (Å²) in [5, 5.41) is 9.52. The van der Waals surface area contributed by atoms with Crippen LogP contribution in [0.2, 0.25) is 0 Å². The van der Waals surface area contributed by atoms with Crippen molar-refractivity contribution < 1.29 is 17.9 Å². The highest BCUT2D eigenvalue weighted by Gasteiger charge is 2.30. The van der Waals surface area contributed by atoms with Gasteiger partial charge in [-0.25, -0.2) is 4.98 Å². The van der Waals surface area contributed by atoms with Crippen LogP contribution in [0.5, 0.6) is 11.5 Å². The fourth-order valence-electron chi connectivity index (χ4n) is 3.21. The largest absolute Gasteiger partial charge is 0.457 e. The SMILES string of the molecule is N#Cc1c(-c2ccc(C(F)(F)F)cc2)cc(-c2ccc(Oc3ccccc3)cc2)nc1N. The molecule has 0 spiro atoms. The van der Waals surface area contributed by atoms with E-state index in [2.05, 4.69) is 4.98 Å². The number of alkyl halides is 3. The molecule has 0 aliphatic carbocycles. The van der Waals surface area contributed by atoms with Crippen molar-refractivity contribution in [3.05, 3.63) is 96.1 Å².